The van der Waals surface area contributed by atoms with Gasteiger partial charge in [-0.3, -0.25) is 0 Å². The van der Waals surface area contributed by atoms with E-state index in [4.69, 9.17) is 10.7 Å². The largest absolute Gasteiger partial charge is 0.354 e. The van der Waals surface area contributed by atoms with Gasteiger partial charge in [0.25, 0.3) is 0 Å². The van der Waals surface area contributed by atoms with Crippen molar-refractivity contribution in [2.24, 2.45) is 5.73 Å². The van der Waals surface area contributed by atoms with Crippen LogP contribution in [-0.2, 0) is 0 Å². The van der Waals surface area contributed by atoms with Crippen LogP contribution in [0.4, 0.5) is 5.82 Å². The fraction of sp³-hybridized carbons (Fsp3) is 0.500. The van der Waals surface area contributed by atoms with Gasteiger partial charge in [-0.25, -0.2) is 4.98 Å². The van der Waals surface area contributed by atoms with Crippen LogP contribution in [0.1, 0.15) is 39.0 Å². The van der Waals surface area contributed by atoms with E-state index < -0.39 is 0 Å². The van der Waals surface area contributed by atoms with Crippen molar-refractivity contribution in [3.05, 3.63) is 36.4 Å². The minimum absolute atomic E-state index is 0.397. The van der Waals surface area contributed by atoms with Gasteiger partial charge in [-0.05, 0) is 50.3 Å². The summed E-state index contributed by atoms with van der Waals surface area (Å²) >= 11 is 0. The summed E-state index contributed by atoms with van der Waals surface area (Å²) in [7, 11) is 0. The van der Waals surface area contributed by atoms with E-state index >= 15 is 0 Å². The maximum absolute atomic E-state index is 6.05. The molecular weight excluding hydrogens is 258 g/mol. The predicted octanol–water partition coefficient (Wildman–Crippen LogP) is 3.72. The first-order valence-electron chi connectivity index (χ1n) is 8.16. The number of hydrogen-bond donors (Lipinski definition) is 1. The van der Waals surface area contributed by atoms with Crippen molar-refractivity contribution in [3.8, 4) is 0 Å². The van der Waals surface area contributed by atoms with Crippen molar-refractivity contribution in [2.45, 2.75) is 51.1 Å². The van der Waals surface area contributed by atoms with Gasteiger partial charge >= 0.3 is 0 Å². The second-order valence-electron chi connectivity index (χ2n) is 6.12. The van der Waals surface area contributed by atoms with E-state index in [1.807, 2.05) is 0 Å². The molecule has 0 radical (unpaired) electrons. The Kier molecular flexibility index (Phi) is 4.39. The molecule has 1 aliphatic rings. The van der Waals surface area contributed by atoms with Crippen molar-refractivity contribution in [1.29, 1.82) is 0 Å². The van der Waals surface area contributed by atoms with Crippen LogP contribution in [0.5, 0.6) is 0 Å². The molecule has 2 N–H and O–H groups in total. The summed E-state index contributed by atoms with van der Waals surface area (Å²) in [5, 5.41) is 1.21. The molecule has 1 saturated carbocycles. The Hall–Kier alpha value is -1.61. The zero-order chi connectivity index (χ0) is 14.7. The predicted molar refractivity (Wildman–Crippen MR) is 89.6 cm³/mol. The third-order valence-electron chi connectivity index (χ3n) is 4.52. The minimum atomic E-state index is 0.397. The first-order valence-corrected chi connectivity index (χ1v) is 8.16. The summed E-state index contributed by atoms with van der Waals surface area (Å²) in [4.78, 5) is 7.38. The van der Waals surface area contributed by atoms with E-state index in [9.17, 15) is 0 Å². The quantitative estimate of drug-likeness (QED) is 0.930. The molecular formula is C18H25N3. The molecule has 112 valence electrons. The van der Waals surface area contributed by atoms with Crippen molar-refractivity contribution in [2.75, 3.05) is 11.4 Å². The second kappa shape index (κ2) is 6.44. The summed E-state index contributed by atoms with van der Waals surface area (Å²) in [5.74, 6) is 1.12. The van der Waals surface area contributed by atoms with Crippen LogP contribution in [0, 0.1) is 0 Å². The molecule has 2 aromatic rings. The molecule has 3 rings (SSSR count). The highest BCUT2D eigenvalue weighted by atomic mass is 15.2. The minimum Gasteiger partial charge on any atom is -0.354 e. The number of pyridine rings is 1. The highest BCUT2D eigenvalue weighted by Crippen LogP contribution is 2.27. The van der Waals surface area contributed by atoms with Gasteiger partial charge in [0.05, 0.1) is 5.52 Å². The Morgan fingerprint density at radius 1 is 1.10 bits per heavy atom. The molecule has 0 amide bonds. The highest BCUT2D eigenvalue weighted by molar-refractivity contribution is 5.80. The van der Waals surface area contributed by atoms with Crippen LogP contribution in [0.3, 0.4) is 0 Å². The van der Waals surface area contributed by atoms with Crippen LogP contribution in [0.2, 0.25) is 0 Å². The van der Waals surface area contributed by atoms with Crippen molar-refractivity contribution in [1.82, 2.24) is 4.98 Å². The first-order chi connectivity index (χ1) is 10.3. The second-order valence-corrected chi connectivity index (χ2v) is 6.12. The Bertz CT molecular complexity index is 588. The van der Waals surface area contributed by atoms with Crippen LogP contribution >= 0.6 is 0 Å². The third kappa shape index (κ3) is 3.18. The smallest absolute Gasteiger partial charge is 0.129 e. The molecule has 1 heterocycles. The molecule has 1 fully saturated rings. The van der Waals surface area contributed by atoms with Gasteiger partial charge in [0.15, 0.2) is 0 Å². The number of anilines is 1. The molecule has 0 bridgehead atoms. The van der Waals surface area contributed by atoms with Gasteiger partial charge in [-0.1, -0.05) is 25.1 Å². The molecule has 3 heteroatoms. The maximum atomic E-state index is 6.05. The molecule has 1 aliphatic carbocycles. The average Bonchev–Trinajstić information content (AvgIpc) is 2.53. The third-order valence-corrected chi connectivity index (χ3v) is 4.52. The van der Waals surface area contributed by atoms with E-state index in [2.05, 4.69) is 48.2 Å². The van der Waals surface area contributed by atoms with E-state index in [1.165, 1.54) is 18.2 Å². The Labute approximate surface area is 127 Å². The monoisotopic (exact) mass is 283 g/mol. The Morgan fingerprint density at radius 2 is 1.86 bits per heavy atom. The number of benzene rings is 1. The molecule has 0 spiro atoms. The van der Waals surface area contributed by atoms with Crippen LogP contribution in [0.15, 0.2) is 36.4 Å². The number of para-hydroxylation sites is 1. The fourth-order valence-corrected chi connectivity index (χ4v) is 3.35. The number of aromatic nitrogens is 1. The zero-order valence-corrected chi connectivity index (χ0v) is 12.8. The molecule has 1 aromatic heterocycles. The lowest BCUT2D eigenvalue weighted by atomic mass is 9.90. The van der Waals surface area contributed by atoms with E-state index in [1.54, 1.807) is 0 Å². The van der Waals surface area contributed by atoms with Gasteiger partial charge in [0.1, 0.15) is 5.82 Å². The highest BCUT2D eigenvalue weighted by Gasteiger charge is 2.24. The first kappa shape index (κ1) is 14.3. The SMILES string of the molecule is CCCN(c1ccc2ccccc2n1)C1CCC(N)CC1. The zero-order valence-electron chi connectivity index (χ0n) is 12.8. The normalized spacial score (nSPS) is 22.4. The summed E-state index contributed by atoms with van der Waals surface area (Å²) in [6.07, 6.45) is 5.80. The van der Waals surface area contributed by atoms with Gasteiger partial charge in [-0.2, -0.15) is 0 Å². The Balaban J connectivity index is 1.87. The van der Waals surface area contributed by atoms with E-state index in [-0.39, 0.29) is 0 Å². The molecule has 0 atom stereocenters. The van der Waals surface area contributed by atoms with Crippen LogP contribution in [-0.4, -0.2) is 23.6 Å². The summed E-state index contributed by atoms with van der Waals surface area (Å²) in [6, 6.07) is 13.7. The Morgan fingerprint density at radius 3 is 2.62 bits per heavy atom. The molecule has 21 heavy (non-hydrogen) atoms. The standard InChI is InChI=1S/C18H25N3/c1-2-13-21(16-10-8-15(19)9-11-16)18-12-7-14-5-3-4-6-17(14)20-18/h3-7,12,15-16H,2,8-11,13,19H2,1H3. The number of rotatable bonds is 4. The van der Waals surface area contributed by atoms with Gasteiger partial charge in [0, 0.05) is 24.0 Å². The van der Waals surface area contributed by atoms with Gasteiger partial charge in [-0.15, -0.1) is 0 Å². The van der Waals surface area contributed by atoms with E-state index in [0.717, 1.165) is 37.1 Å². The fourth-order valence-electron chi connectivity index (χ4n) is 3.35. The summed E-state index contributed by atoms with van der Waals surface area (Å²) in [6.45, 7) is 3.31. The molecule has 0 saturated heterocycles. The van der Waals surface area contributed by atoms with Crippen LogP contribution in [0.25, 0.3) is 10.9 Å². The number of hydrogen-bond acceptors (Lipinski definition) is 3. The number of nitrogens with zero attached hydrogens (tertiary/aromatic N) is 2. The average molecular weight is 283 g/mol. The summed E-state index contributed by atoms with van der Waals surface area (Å²) < 4.78 is 0. The van der Waals surface area contributed by atoms with Crippen molar-refractivity contribution >= 4 is 16.7 Å². The van der Waals surface area contributed by atoms with E-state index in [0.29, 0.717) is 12.1 Å². The van der Waals surface area contributed by atoms with Crippen LogP contribution < -0.4 is 10.6 Å². The molecule has 0 unspecified atom stereocenters. The lowest BCUT2D eigenvalue weighted by Gasteiger charge is -2.37. The lowest BCUT2D eigenvalue weighted by molar-refractivity contribution is 0.374. The summed E-state index contributed by atoms with van der Waals surface area (Å²) in [5.41, 5.74) is 7.14. The molecule has 3 nitrogen and oxygen atoms in total. The number of fused-ring (bicyclic) bond motifs is 1. The topological polar surface area (TPSA) is 42.2 Å². The molecule has 0 aliphatic heterocycles. The van der Waals surface area contributed by atoms with Gasteiger partial charge in [0.2, 0.25) is 0 Å². The molecule has 1 aromatic carbocycles. The van der Waals surface area contributed by atoms with Gasteiger partial charge < -0.3 is 10.6 Å². The number of nitrogens with two attached hydrogens (primary N) is 1. The lowest BCUT2D eigenvalue weighted by Crippen LogP contribution is -2.41. The maximum Gasteiger partial charge on any atom is 0.129 e. The van der Waals surface area contributed by atoms with Crippen molar-refractivity contribution < 1.29 is 0 Å². The van der Waals surface area contributed by atoms with Crippen molar-refractivity contribution in [3.63, 3.8) is 0 Å².